The number of hydrogen-bond donors (Lipinski definition) is 3. The quantitative estimate of drug-likeness (QED) is 0.651. The monoisotopic (exact) mass is 285 g/mol. The number of ether oxygens (including phenoxy) is 1. The van der Waals surface area contributed by atoms with E-state index >= 15 is 0 Å². The van der Waals surface area contributed by atoms with Crippen molar-refractivity contribution in [3.05, 3.63) is 4.88 Å². The van der Waals surface area contributed by atoms with Crippen molar-refractivity contribution in [3.8, 4) is 0 Å². The van der Waals surface area contributed by atoms with Crippen LogP contribution >= 0.6 is 11.3 Å². The smallest absolute Gasteiger partial charge is 0.267 e. The highest BCUT2D eigenvalue weighted by atomic mass is 32.1. The number of carbonyl (C=O) groups is 1. The maximum Gasteiger partial charge on any atom is 0.267 e. The first-order valence-electron chi connectivity index (χ1n) is 6.21. The summed E-state index contributed by atoms with van der Waals surface area (Å²) in [5.41, 5.74) is 5.82. The normalized spacial score (nSPS) is 15.5. The van der Waals surface area contributed by atoms with E-state index in [0.717, 1.165) is 13.1 Å². The van der Waals surface area contributed by atoms with E-state index in [-0.39, 0.29) is 5.91 Å². The van der Waals surface area contributed by atoms with Gasteiger partial charge in [-0.15, -0.1) is 0 Å². The second-order valence-electron chi connectivity index (χ2n) is 4.20. The van der Waals surface area contributed by atoms with Gasteiger partial charge in [-0.25, -0.2) is 4.98 Å². The van der Waals surface area contributed by atoms with Gasteiger partial charge in [0.05, 0.1) is 6.61 Å². The number of piperazine rings is 1. The third-order valence-corrected chi connectivity index (χ3v) is 3.85. The summed E-state index contributed by atoms with van der Waals surface area (Å²) in [5, 5.41) is 6.96. The van der Waals surface area contributed by atoms with E-state index in [0.29, 0.717) is 42.1 Å². The van der Waals surface area contributed by atoms with Crippen LogP contribution < -0.4 is 16.4 Å². The topological polar surface area (TPSA) is 92.5 Å². The number of nitrogens with zero attached hydrogens (tertiary/aromatic N) is 2. The molecule has 1 aliphatic rings. The Bertz CT molecular complexity index is 431. The number of nitrogens with one attached hydrogen (secondary N) is 2. The molecule has 0 unspecified atom stereocenters. The van der Waals surface area contributed by atoms with Crippen molar-refractivity contribution >= 4 is 28.2 Å². The van der Waals surface area contributed by atoms with Gasteiger partial charge in [-0.3, -0.25) is 4.79 Å². The van der Waals surface area contributed by atoms with Crippen LogP contribution in [0.15, 0.2) is 0 Å². The molecule has 0 aromatic carbocycles. The molecule has 1 aromatic heterocycles. The highest BCUT2D eigenvalue weighted by Gasteiger charge is 2.23. The van der Waals surface area contributed by atoms with Crippen LogP contribution in [0.4, 0.5) is 10.9 Å². The largest absolute Gasteiger partial charge is 0.383 e. The summed E-state index contributed by atoms with van der Waals surface area (Å²) in [6, 6.07) is 0. The molecule has 2 rings (SSSR count). The summed E-state index contributed by atoms with van der Waals surface area (Å²) in [6.07, 6.45) is 0. The van der Waals surface area contributed by atoms with Crippen molar-refractivity contribution in [1.29, 1.82) is 0 Å². The highest BCUT2D eigenvalue weighted by molar-refractivity contribution is 7.18. The van der Waals surface area contributed by atoms with E-state index in [1.807, 2.05) is 0 Å². The lowest BCUT2D eigenvalue weighted by Crippen LogP contribution is -2.46. The molecule has 0 radical (unpaired) electrons. The van der Waals surface area contributed by atoms with Crippen LogP contribution in [-0.4, -0.2) is 62.2 Å². The lowest BCUT2D eigenvalue weighted by molar-refractivity contribution is 0.0741. The minimum atomic E-state index is -0.0312. The summed E-state index contributed by atoms with van der Waals surface area (Å²) in [6.45, 7) is 4.29. The molecule has 7 nitrogen and oxygen atoms in total. The molecule has 0 saturated carbocycles. The lowest BCUT2D eigenvalue weighted by Gasteiger charge is -2.26. The summed E-state index contributed by atoms with van der Waals surface area (Å²) in [4.78, 5) is 18.8. The van der Waals surface area contributed by atoms with E-state index in [1.54, 1.807) is 12.0 Å². The van der Waals surface area contributed by atoms with Crippen LogP contribution in [0, 0.1) is 0 Å². The number of thiazole rings is 1. The SMILES string of the molecule is COCCNc1nc(N)c(C(=O)N2CCNCC2)s1. The van der Waals surface area contributed by atoms with Crippen molar-refractivity contribution in [2.24, 2.45) is 0 Å². The zero-order valence-electron chi connectivity index (χ0n) is 10.9. The fraction of sp³-hybridized carbons (Fsp3) is 0.636. The highest BCUT2D eigenvalue weighted by Crippen LogP contribution is 2.26. The summed E-state index contributed by atoms with van der Waals surface area (Å²) in [5.74, 6) is 0.268. The lowest BCUT2D eigenvalue weighted by atomic mass is 10.3. The van der Waals surface area contributed by atoms with Gasteiger partial charge in [0.2, 0.25) is 0 Å². The van der Waals surface area contributed by atoms with Gasteiger partial charge in [0, 0.05) is 39.8 Å². The Morgan fingerprint density at radius 3 is 3.00 bits per heavy atom. The number of amides is 1. The number of anilines is 2. The van der Waals surface area contributed by atoms with E-state index in [9.17, 15) is 4.79 Å². The Kier molecular flexibility index (Phi) is 4.94. The molecule has 0 aliphatic carbocycles. The van der Waals surface area contributed by atoms with Gasteiger partial charge in [0.1, 0.15) is 10.7 Å². The molecule has 19 heavy (non-hydrogen) atoms. The number of aromatic nitrogens is 1. The van der Waals surface area contributed by atoms with Crippen LogP contribution in [0.25, 0.3) is 0 Å². The van der Waals surface area contributed by atoms with E-state index in [4.69, 9.17) is 10.5 Å². The number of rotatable bonds is 5. The van der Waals surface area contributed by atoms with Gasteiger partial charge < -0.3 is 26.0 Å². The minimum absolute atomic E-state index is 0.0312. The molecule has 1 fully saturated rings. The van der Waals surface area contributed by atoms with Crippen molar-refractivity contribution in [1.82, 2.24) is 15.2 Å². The first kappa shape index (κ1) is 14.0. The molecule has 2 heterocycles. The summed E-state index contributed by atoms with van der Waals surface area (Å²) in [7, 11) is 1.64. The molecule has 0 atom stereocenters. The Morgan fingerprint density at radius 1 is 1.58 bits per heavy atom. The molecular formula is C11H19N5O2S. The predicted octanol–water partition coefficient (Wildman–Crippen LogP) is -0.171. The molecule has 106 valence electrons. The average Bonchev–Trinajstić information content (AvgIpc) is 2.80. The van der Waals surface area contributed by atoms with Crippen LogP contribution in [0.3, 0.4) is 0 Å². The maximum atomic E-state index is 12.3. The third kappa shape index (κ3) is 3.55. The summed E-state index contributed by atoms with van der Waals surface area (Å²) >= 11 is 1.30. The number of methoxy groups -OCH3 is 1. The number of nitrogens with two attached hydrogens (primary N) is 1. The predicted molar refractivity (Wildman–Crippen MR) is 75.7 cm³/mol. The minimum Gasteiger partial charge on any atom is -0.383 e. The molecule has 0 bridgehead atoms. The van der Waals surface area contributed by atoms with Crippen molar-refractivity contribution in [2.75, 3.05) is 57.5 Å². The molecule has 8 heteroatoms. The van der Waals surface area contributed by atoms with Crippen LogP contribution in [0.2, 0.25) is 0 Å². The maximum absolute atomic E-state index is 12.3. The van der Waals surface area contributed by atoms with Gasteiger partial charge >= 0.3 is 0 Å². The standard InChI is InChI=1S/C11H19N5O2S/c1-18-7-4-14-11-15-9(12)8(19-11)10(17)16-5-2-13-3-6-16/h13H,2-7,12H2,1H3,(H,14,15). The van der Waals surface area contributed by atoms with Crippen LogP contribution in [0.5, 0.6) is 0 Å². The van der Waals surface area contributed by atoms with Crippen molar-refractivity contribution in [2.45, 2.75) is 0 Å². The van der Waals surface area contributed by atoms with E-state index < -0.39 is 0 Å². The van der Waals surface area contributed by atoms with Gasteiger partial charge in [-0.05, 0) is 0 Å². The van der Waals surface area contributed by atoms with E-state index in [2.05, 4.69) is 15.6 Å². The number of carbonyl (C=O) groups excluding carboxylic acids is 1. The van der Waals surface area contributed by atoms with Gasteiger partial charge in [-0.1, -0.05) is 11.3 Å². The first-order chi connectivity index (χ1) is 9.22. The average molecular weight is 285 g/mol. The second kappa shape index (κ2) is 6.69. The van der Waals surface area contributed by atoms with Crippen molar-refractivity contribution < 1.29 is 9.53 Å². The third-order valence-electron chi connectivity index (χ3n) is 2.83. The molecule has 1 aromatic rings. The zero-order valence-corrected chi connectivity index (χ0v) is 11.8. The number of hydrogen-bond acceptors (Lipinski definition) is 7. The van der Waals surface area contributed by atoms with Gasteiger partial charge in [0.25, 0.3) is 5.91 Å². The molecule has 1 saturated heterocycles. The van der Waals surface area contributed by atoms with Crippen LogP contribution in [0.1, 0.15) is 9.67 Å². The fourth-order valence-corrected chi connectivity index (χ4v) is 2.71. The Balaban J connectivity index is 2.00. The molecule has 4 N–H and O–H groups in total. The summed E-state index contributed by atoms with van der Waals surface area (Å²) < 4.78 is 4.94. The van der Waals surface area contributed by atoms with Crippen molar-refractivity contribution in [3.63, 3.8) is 0 Å². The van der Waals surface area contributed by atoms with Gasteiger partial charge in [-0.2, -0.15) is 0 Å². The Labute approximate surface area is 116 Å². The molecule has 1 amide bonds. The molecular weight excluding hydrogens is 266 g/mol. The first-order valence-corrected chi connectivity index (χ1v) is 7.03. The number of nitrogen functional groups attached to an aromatic ring is 1. The zero-order chi connectivity index (χ0) is 13.7. The van der Waals surface area contributed by atoms with E-state index in [1.165, 1.54) is 11.3 Å². The Hall–Kier alpha value is -1.38. The second-order valence-corrected chi connectivity index (χ2v) is 5.19. The van der Waals surface area contributed by atoms with Crippen LogP contribution in [-0.2, 0) is 4.74 Å². The molecule has 1 aliphatic heterocycles. The fourth-order valence-electron chi connectivity index (χ4n) is 1.83. The molecule has 0 spiro atoms. The van der Waals surface area contributed by atoms with Gasteiger partial charge in [0.15, 0.2) is 5.13 Å². The Morgan fingerprint density at radius 2 is 2.32 bits per heavy atom.